The average molecular weight is 224 g/mol. The van der Waals surface area contributed by atoms with Crippen LogP contribution < -0.4 is 0 Å². The van der Waals surface area contributed by atoms with Gasteiger partial charge >= 0.3 is 5.97 Å². The number of nitriles is 1. The van der Waals surface area contributed by atoms with Crippen LogP contribution in [-0.2, 0) is 9.53 Å². The molecule has 1 rings (SSSR count). The monoisotopic (exact) mass is 223 g/mol. The van der Waals surface area contributed by atoms with E-state index in [1.54, 1.807) is 25.1 Å². The highest BCUT2D eigenvalue weighted by atomic mass is 35.5. The van der Waals surface area contributed by atoms with Gasteiger partial charge < -0.3 is 4.74 Å². The molecule has 0 amide bonds. The summed E-state index contributed by atoms with van der Waals surface area (Å²) in [5.74, 6) is -0.698. The van der Waals surface area contributed by atoms with Crippen LogP contribution in [0.25, 0.3) is 0 Å². The molecule has 78 valence electrons. The number of hydrogen-bond donors (Lipinski definition) is 0. The molecule has 0 N–H and O–H groups in total. The van der Waals surface area contributed by atoms with E-state index < -0.39 is 0 Å². The Hall–Kier alpha value is -1.53. The number of benzene rings is 1. The predicted octanol–water partition coefficient (Wildman–Crippen LogP) is 2.49. The molecule has 1 aromatic carbocycles. The van der Waals surface area contributed by atoms with Crippen molar-refractivity contribution < 1.29 is 9.53 Å². The Bertz CT molecular complexity index is 423. The molecule has 1 unspecified atom stereocenters. The van der Waals surface area contributed by atoms with Gasteiger partial charge in [0.1, 0.15) is 6.07 Å². The van der Waals surface area contributed by atoms with Gasteiger partial charge in [0, 0.05) is 0 Å². The Labute approximate surface area is 93.2 Å². The number of halogens is 1. The lowest BCUT2D eigenvalue weighted by Crippen LogP contribution is -2.10. The third-order valence-electron chi connectivity index (χ3n) is 2.17. The molecule has 0 aliphatic rings. The second-order valence-electron chi connectivity index (χ2n) is 3.10. The fourth-order valence-electron chi connectivity index (χ4n) is 1.20. The third-order valence-corrected chi connectivity index (χ3v) is 2.48. The number of hydrogen-bond acceptors (Lipinski definition) is 3. The van der Waals surface area contributed by atoms with Crippen molar-refractivity contribution in [2.24, 2.45) is 0 Å². The van der Waals surface area contributed by atoms with Crippen LogP contribution in [0.2, 0.25) is 5.02 Å². The summed E-state index contributed by atoms with van der Waals surface area (Å²) in [6, 6.07) is 6.86. The number of carbonyl (C=O) groups excluding carboxylic acids is 1. The van der Waals surface area contributed by atoms with Gasteiger partial charge in [-0.05, 0) is 24.6 Å². The summed E-state index contributed by atoms with van der Waals surface area (Å²) in [6.45, 7) is 1.73. The number of carbonyl (C=O) groups is 1. The first kappa shape index (κ1) is 11.5. The topological polar surface area (TPSA) is 50.1 Å². The highest BCUT2D eigenvalue weighted by Gasteiger charge is 2.16. The highest BCUT2D eigenvalue weighted by molar-refractivity contribution is 6.31. The van der Waals surface area contributed by atoms with Gasteiger partial charge in [-0.15, -0.1) is 0 Å². The SMILES string of the molecule is COC(=O)C(C)c1ccc(C#N)c(Cl)c1. The van der Waals surface area contributed by atoms with Crippen LogP contribution in [0.1, 0.15) is 24.0 Å². The Balaban J connectivity index is 3.03. The predicted molar refractivity (Wildman–Crippen MR) is 56.6 cm³/mol. The molecule has 0 aromatic heterocycles. The molecule has 3 nitrogen and oxygen atoms in total. The first-order valence-corrected chi connectivity index (χ1v) is 4.75. The van der Waals surface area contributed by atoms with Crippen LogP contribution >= 0.6 is 11.6 Å². The average Bonchev–Trinajstić information content (AvgIpc) is 2.26. The molecule has 0 bridgehead atoms. The van der Waals surface area contributed by atoms with E-state index in [-0.39, 0.29) is 11.9 Å². The first-order chi connectivity index (χ1) is 7.10. The summed E-state index contributed by atoms with van der Waals surface area (Å²) in [5.41, 5.74) is 1.14. The van der Waals surface area contributed by atoms with Crippen LogP contribution in [0.4, 0.5) is 0 Å². The molecule has 1 atom stereocenters. The van der Waals surface area contributed by atoms with Gasteiger partial charge in [0.05, 0.1) is 23.6 Å². The number of nitrogens with zero attached hydrogens (tertiary/aromatic N) is 1. The van der Waals surface area contributed by atoms with Crippen LogP contribution in [0, 0.1) is 11.3 Å². The summed E-state index contributed by atoms with van der Waals surface area (Å²) < 4.78 is 4.62. The summed E-state index contributed by atoms with van der Waals surface area (Å²) in [4.78, 5) is 11.2. The zero-order chi connectivity index (χ0) is 11.4. The highest BCUT2D eigenvalue weighted by Crippen LogP contribution is 2.23. The van der Waals surface area contributed by atoms with Crippen LogP contribution in [-0.4, -0.2) is 13.1 Å². The van der Waals surface area contributed by atoms with Gasteiger partial charge in [-0.3, -0.25) is 4.79 Å². The fourth-order valence-corrected chi connectivity index (χ4v) is 1.44. The van der Waals surface area contributed by atoms with Gasteiger partial charge in [0.15, 0.2) is 0 Å². The summed E-state index contributed by atoms with van der Waals surface area (Å²) >= 11 is 5.85. The van der Waals surface area contributed by atoms with E-state index in [1.165, 1.54) is 7.11 Å². The van der Waals surface area contributed by atoms with Crippen molar-refractivity contribution in [3.8, 4) is 6.07 Å². The van der Waals surface area contributed by atoms with E-state index >= 15 is 0 Å². The van der Waals surface area contributed by atoms with E-state index in [9.17, 15) is 4.79 Å². The van der Waals surface area contributed by atoms with Crippen molar-refractivity contribution in [1.29, 1.82) is 5.26 Å². The number of rotatable bonds is 2. The molecular weight excluding hydrogens is 214 g/mol. The minimum atomic E-state index is -0.375. The lowest BCUT2D eigenvalue weighted by atomic mass is 10.0. The quantitative estimate of drug-likeness (QED) is 0.724. The summed E-state index contributed by atoms with van der Waals surface area (Å²) in [6.07, 6.45) is 0. The number of esters is 1. The minimum absolute atomic E-state index is 0.323. The van der Waals surface area contributed by atoms with Crippen LogP contribution in [0.15, 0.2) is 18.2 Å². The maximum absolute atomic E-state index is 11.2. The van der Waals surface area contributed by atoms with E-state index in [2.05, 4.69) is 4.74 Å². The zero-order valence-electron chi connectivity index (χ0n) is 8.45. The number of methoxy groups -OCH3 is 1. The molecule has 15 heavy (non-hydrogen) atoms. The smallest absolute Gasteiger partial charge is 0.312 e. The fraction of sp³-hybridized carbons (Fsp3) is 0.273. The molecule has 0 fully saturated rings. The molecule has 0 spiro atoms. The Morgan fingerprint density at radius 1 is 1.60 bits per heavy atom. The van der Waals surface area contributed by atoms with Crippen molar-refractivity contribution in [2.45, 2.75) is 12.8 Å². The van der Waals surface area contributed by atoms with Crippen LogP contribution in [0.3, 0.4) is 0 Å². The Morgan fingerprint density at radius 2 is 2.27 bits per heavy atom. The van der Waals surface area contributed by atoms with Gasteiger partial charge in [0.25, 0.3) is 0 Å². The van der Waals surface area contributed by atoms with E-state index in [4.69, 9.17) is 16.9 Å². The molecule has 0 heterocycles. The van der Waals surface area contributed by atoms with E-state index in [0.29, 0.717) is 10.6 Å². The second kappa shape index (κ2) is 4.81. The van der Waals surface area contributed by atoms with Crippen molar-refractivity contribution in [1.82, 2.24) is 0 Å². The third kappa shape index (κ3) is 2.48. The van der Waals surface area contributed by atoms with Gasteiger partial charge in [-0.2, -0.15) is 5.26 Å². The molecule has 0 saturated carbocycles. The number of ether oxygens (including phenoxy) is 1. The largest absolute Gasteiger partial charge is 0.469 e. The molecule has 4 heteroatoms. The Kier molecular flexibility index (Phi) is 3.70. The zero-order valence-corrected chi connectivity index (χ0v) is 9.21. The lowest BCUT2D eigenvalue weighted by Gasteiger charge is -2.09. The van der Waals surface area contributed by atoms with E-state index in [1.807, 2.05) is 6.07 Å². The van der Waals surface area contributed by atoms with Crippen molar-refractivity contribution in [3.05, 3.63) is 34.3 Å². The summed E-state index contributed by atoms with van der Waals surface area (Å²) in [7, 11) is 1.34. The summed E-state index contributed by atoms with van der Waals surface area (Å²) in [5, 5.41) is 9.03. The molecule has 0 saturated heterocycles. The molecule has 1 aromatic rings. The second-order valence-corrected chi connectivity index (χ2v) is 3.50. The van der Waals surface area contributed by atoms with Gasteiger partial charge in [-0.1, -0.05) is 17.7 Å². The first-order valence-electron chi connectivity index (χ1n) is 4.37. The van der Waals surface area contributed by atoms with Crippen molar-refractivity contribution >= 4 is 17.6 Å². The molecule has 0 aliphatic carbocycles. The molecule has 0 radical (unpaired) electrons. The minimum Gasteiger partial charge on any atom is -0.469 e. The molecular formula is C11H10ClNO2. The molecule has 0 aliphatic heterocycles. The van der Waals surface area contributed by atoms with E-state index in [0.717, 1.165) is 5.56 Å². The van der Waals surface area contributed by atoms with Crippen LogP contribution in [0.5, 0.6) is 0 Å². The standard InChI is InChI=1S/C11H10ClNO2/c1-7(11(14)15-2)8-3-4-9(6-13)10(12)5-8/h3-5,7H,1-2H3. The lowest BCUT2D eigenvalue weighted by molar-refractivity contribution is -0.141. The van der Waals surface area contributed by atoms with Crippen molar-refractivity contribution in [3.63, 3.8) is 0 Å². The Morgan fingerprint density at radius 3 is 2.73 bits per heavy atom. The maximum atomic E-state index is 11.2. The van der Waals surface area contributed by atoms with Gasteiger partial charge in [-0.25, -0.2) is 0 Å². The van der Waals surface area contributed by atoms with Crippen molar-refractivity contribution in [2.75, 3.05) is 7.11 Å². The maximum Gasteiger partial charge on any atom is 0.312 e. The normalized spacial score (nSPS) is 11.6. The van der Waals surface area contributed by atoms with Gasteiger partial charge in [0.2, 0.25) is 0 Å².